The molecule has 3 rings (SSSR count). The molecule has 0 fully saturated rings. The van der Waals surface area contributed by atoms with Gasteiger partial charge < -0.3 is 10.4 Å². The predicted molar refractivity (Wildman–Crippen MR) is 88.8 cm³/mol. The molecular formula is C17H17FN2OS. The highest BCUT2D eigenvalue weighted by Crippen LogP contribution is 2.25. The number of rotatable bonds is 6. The van der Waals surface area contributed by atoms with E-state index in [0.29, 0.717) is 13.0 Å². The van der Waals surface area contributed by atoms with E-state index in [1.165, 1.54) is 12.1 Å². The van der Waals surface area contributed by atoms with Crippen LogP contribution >= 0.6 is 11.3 Å². The van der Waals surface area contributed by atoms with Crippen molar-refractivity contribution in [1.29, 1.82) is 0 Å². The summed E-state index contributed by atoms with van der Waals surface area (Å²) >= 11 is 1.60. The quantitative estimate of drug-likeness (QED) is 0.729. The molecule has 0 amide bonds. The van der Waals surface area contributed by atoms with Gasteiger partial charge in [0, 0.05) is 19.1 Å². The lowest BCUT2D eigenvalue weighted by atomic mass is 10.00. The largest absolute Gasteiger partial charge is 0.396 e. The number of hydrogen-bond acceptors (Lipinski definition) is 4. The fourth-order valence-corrected chi connectivity index (χ4v) is 3.21. The van der Waals surface area contributed by atoms with Crippen LogP contribution in [0.2, 0.25) is 0 Å². The number of hydrogen-bond donors (Lipinski definition) is 2. The Morgan fingerprint density at radius 3 is 2.64 bits per heavy atom. The zero-order chi connectivity index (χ0) is 15.4. The average Bonchev–Trinajstić information content (AvgIpc) is 2.96. The summed E-state index contributed by atoms with van der Waals surface area (Å²) in [7, 11) is 0. The third-order valence-corrected chi connectivity index (χ3v) is 4.53. The van der Waals surface area contributed by atoms with E-state index in [2.05, 4.69) is 10.3 Å². The van der Waals surface area contributed by atoms with Gasteiger partial charge in [-0.2, -0.15) is 0 Å². The van der Waals surface area contributed by atoms with E-state index in [-0.39, 0.29) is 18.3 Å². The molecule has 0 bridgehead atoms. The molecule has 114 valence electrons. The lowest BCUT2D eigenvalue weighted by Gasteiger charge is -2.14. The normalized spacial score (nSPS) is 12.5. The minimum Gasteiger partial charge on any atom is -0.396 e. The van der Waals surface area contributed by atoms with Gasteiger partial charge in [-0.25, -0.2) is 9.37 Å². The number of aromatic nitrogens is 1. The molecule has 0 aliphatic carbocycles. The van der Waals surface area contributed by atoms with Gasteiger partial charge in [0.2, 0.25) is 0 Å². The van der Waals surface area contributed by atoms with Gasteiger partial charge in [0.25, 0.3) is 0 Å². The Morgan fingerprint density at radius 1 is 1.14 bits per heavy atom. The molecule has 1 aromatic heterocycles. The number of para-hydroxylation sites is 1. The molecule has 2 N–H and O–H groups in total. The molecule has 0 spiro atoms. The second-order valence-corrected chi connectivity index (χ2v) is 6.28. The Labute approximate surface area is 132 Å². The van der Waals surface area contributed by atoms with Crippen LogP contribution in [0.4, 0.5) is 9.52 Å². The molecule has 3 aromatic rings. The molecule has 2 aromatic carbocycles. The fourth-order valence-electron chi connectivity index (χ4n) is 2.33. The lowest BCUT2D eigenvalue weighted by Crippen LogP contribution is -2.20. The fraction of sp³-hybridized carbons (Fsp3) is 0.235. The van der Waals surface area contributed by atoms with Crippen molar-refractivity contribution >= 4 is 26.7 Å². The second-order valence-electron chi connectivity index (χ2n) is 5.25. The minimum atomic E-state index is -0.239. The first-order chi connectivity index (χ1) is 10.7. The van der Waals surface area contributed by atoms with Crippen LogP contribution in [0.1, 0.15) is 5.56 Å². The smallest absolute Gasteiger partial charge is 0.183 e. The van der Waals surface area contributed by atoms with Crippen LogP contribution in [0.3, 0.4) is 0 Å². The van der Waals surface area contributed by atoms with E-state index in [9.17, 15) is 9.50 Å². The summed E-state index contributed by atoms with van der Waals surface area (Å²) in [5, 5.41) is 13.7. The maximum absolute atomic E-state index is 12.9. The summed E-state index contributed by atoms with van der Waals surface area (Å²) in [6, 6.07) is 14.4. The van der Waals surface area contributed by atoms with Gasteiger partial charge in [-0.3, -0.25) is 0 Å². The van der Waals surface area contributed by atoms with Crippen molar-refractivity contribution in [3.63, 3.8) is 0 Å². The van der Waals surface area contributed by atoms with Crippen LogP contribution in [0.15, 0.2) is 48.5 Å². The number of benzene rings is 2. The predicted octanol–water partition coefficient (Wildman–Crippen LogP) is 3.70. The van der Waals surface area contributed by atoms with Gasteiger partial charge in [0.15, 0.2) is 5.13 Å². The Hall–Kier alpha value is -1.98. The van der Waals surface area contributed by atoms with Gasteiger partial charge in [0.1, 0.15) is 5.82 Å². The van der Waals surface area contributed by atoms with E-state index in [4.69, 9.17) is 0 Å². The van der Waals surface area contributed by atoms with Crippen LogP contribution in [0, 0.1) is 11.7 Å². The Balaban J connectivity index is 1.61. The van der Waals surface area contributed by atoms with Crippen molar-refractivity contribution in [3.05, 3.63) is 59.9 Å². The summed E-state index contributed by atoms with van der Waals surface area (Å²) in [5.74, 6) is -0.172. The number of halogens is 1. The summed E-state index contributed by atoms with van der Waals surface area (Å²) < 4.78 is 14.1. The number of aliphatic hydroxyl groups is 1. The maximum atomic E-state index is 12.9. The van der Waals surface area contributed by atoms with E-state index < -0.39 is 0 Å². The first-order valence-electron chi connectivity index (χ1n) is 7.19. The molecule has 1 atom stereocenters. The molecular weight excluding hydrogens is 299 g/mol. The highest BCUT2D eigenvalue weighted by Gasteiger charge is 2.10. The van der Waals surface area contributed by atoms with Crippen LogP contribution in [-0.4, -0.2) is 23.2 Å². The highest BCUT2D eigenvalue weighted by atomic mass is 32.1. The standard InChI is InChI=1S/C17H17FN2OS/c18-14-7-5-12(6-8-14)9-13(11-21)10-19-17-20-15-3-1-2-4-16(15)22-17/h1-8,13,21H,9-11H2,(H,19,20). The molecule has 22 heavy (non-hydrogen) atoms. The maximum Gasteiger partial charge on any atom is 0.183 e. The molecule has 1 unspecified atom stereocenters. The van der Waals surface area contributed by atoms with Crippen molar-refractivity contribution < 1.29 is 9.50 Å². The van der Waals surface area contributed by atoms with Crippen LogP contribution in [0.25, 0.3) is 10.2 Å². The van der Waals surface area contributed by atoms with Crippen molar-refractivity contribution in [2.45, 2.75) is 6.42 Å². The molecule has 0 aliphatic heterocycles. The molecule has 5 heteroatoms. The molecule has 0 saturated heterocycles. The van der Waals surface area contributed by atoms with Gasteiger partial charge in [-0.05, 0) is 36.2 Å². The molecule has 1 heterocycles. The van der Waals surface area contributed by atoms with Gasteiger partial charge in [-0.1, -0.05) is 35.6 Å². The Morgan fingerprint density at radius 2 is 1.91 bits per heavy atom. The molecule has 0 radical (unpaired) electrons. The first kappa shape index (κ1) is 14.9. The number of nitrogens with zero attached hydrogens (tertiary/aromatic N) is 1. The Kier molecular flexibility index (Phi) is 4.65. The van der Waals surface area contributed by atoms with Crippen molar-refractivity contribution in [3.8, 4) is 0 Å². The van der Waals surface area contributed by atoms with Gasteiger partial charge in [0.05, 0.1) is 10.2 Å². The zero-order valence-electron chi connectivity index (χ0n) is 12.0. The van der Waals surface area contributed by atoms with E-state index in [1.54, 1.807) is 23.5 Å². The number of aliphatic hydroxyl groups excluding tert-OH is 1. The summed E-state index contributed by atoms with van der Waals surface area (Å²) in [6.07, 6.45) is 0.703. The van der Waals surface area contributed by atoms with Crippen molar-refractivity contribution in [2.24, 2.45) is 5.92 Å². The van der Waals surface area contributed by atoms with Gasteiger partial charge in [-0.15, -0.1) is 0 Å². The van der Waals surface area contributed by atoms with E-state index in [1.807, 2.05) is 24.3 Å². The SMILES string of the molecule is OCC(CNc1nc2ccccc2s1)Cc1ccc(F)cc1. The van der Waals surface area contributed by atoms with Crippen molar-refractivity contribution in [2.75, 3.05) is 18.5 Å². The second kappa shape index (κ2) is 6.85. The third kappa shape index (κ3) is 3.61. The highest BCUT2D eigenvalue weighted by molar-refractivity contribution is 7.22. The van der Waals surface area contributed by atoms with Crippen LogP contribution in [-0.2, 0) is 6.42 Å². The average molecular weight is 316 g/mol. The van der Waals surface area contributed by atoms with Crippen molar-refractivity contribution in [1.82, 2.24) is 4.98 Å². The number of fused-ring (bicyclic) bond motifs is 1. The summed E-state index contributed by atoms with van der Waals surface area (Å²) in [4.78, 5) is 4.51. The topological polar surface area (TPSA) is 45.1 Å². The molecule has 0 aliphatic rings. The van der Waals surface area contributed by atoms with Crippen LogP contribution in [0.5, 0.6) is 0 Å². The van der Waals surface area contributed by atoms with Crippen LogP contribution < -0.4 is 5.32 Å². The zero-order valence-corrected chi connectivity index (χ0v) is 12.8. The number of nitrogens with one attached hydrogen (secondary N) is 1. The minimum absolute atomic E-state index is 0.0671. The molecule has 0 saturated carbocycles. The van der Waals surface area contributed by atoms with E-state index >= 15 is 0 Å². The summed E-state index contributed by atoms with van der Waals surface area (Å²) in [5.41, 5.74) is 2.00. The Bertz CT molecular complexity index is 709. The molecule has 3 nitrogen and oxygen atoms in total. The summed E-state index contributed by atoms with van der Waals surface area (Å²) in [6.45, 7) is 0.711. The first-order valence-corrected chi connectivity index (χ1v) is 8.01. The number of thiazole rings is 1. The lowest BCUT2D eigenvalue weighted by molar-refractivity contribution is 0.232. The van der Waals surface area contributed by atoms with E-state index in [0.717, 1.165) is 20.9 Å². The monoisotopic (exact) mass is 316 g/mol. The van der Waals surface area contributed by atoms with Gasteiger partial charge >= 0.3 is 0 Å². The number of anilines is 1. The third-order valence-electron chi connectivity index (χ3n) is 3.53.